The second-order valence-corrected chi connectivity index (χ2v) is 8.31. The van der Waals surface area contributed by atoms with Gasteiger partial charge in [-0.25, -0.2) is 8.42 Å². The van der Waals surface area contributed by atoms with E-state index in [9.17, 15) is 18.3 Å². The molecule has 0 heterocycles. The Labute approximate surface area is 137 Å². The Bertz CT molecular complexity index is 650. The first-order chi connectivity index (χ1) is 10.8. The second kappa shape index (κ2) is 7.01. The van der Waals surface area contributed by atoms with Gasteiger partial charge < -0.3 is 9.84 Å². The molecule has 1 aliphatic rings. The quantitative estimate of drug-likeness (QED) is 0.833. The van der Waals surface area contributed by atoms with Gasteiger partial charge in [0.1, 0.15) is 0 Å². The molecule has 0 radical (unpaired) electrons. The second-order valence-electron chi connectivity index (χ2n) is 6.18. The maximum atomic E-state index is 12.9. The zero-order chi connectivity index (χ0) is 17.1. The highest BCUT2D eigenvalue weighted by Crippen LogP contribution is 2.38. The summed E-state index contributed by atoms with van der Waals surface area (Å²) in [5.41, 5.74) is -0.594. The van der Waals surface area contributed by atoms with Gasteiger partial charge in [-0.3, -0.25) is 4.79 Å². The molecule has 0 saturated heterocycles. The number of carbonyl (C=O) groups excluding carboxylic acids is 1. The van der Waals surface area contributed by atoms with E-state index in [1.165, 1.54) is 0 Å². The lowest BCUT2D eigenvalue weighted by molar-refractivity contribution is -0.149. The van der Waals surface area contributed by atoms with Gasteiger partial charge >= 0.3 is 5.97 Å². The number of esters is 1. The van der Waals surface area contributed by atoms with E-state index in [0.717, 1.165) is 12.0 Å². The predicted molar refractivity (Wildman–Crippen MR) is 86.8 cm³/mol. The van der Waals surface area contributed by atoms with Crippen LogP contribution in [0, 0.1) is 6.92 Å². The molecule has 0 spiro atoms. The minimum absolute atomic E-state index is 0.192. The van der Waals surface area contributed by atoms with Crippen molar-refractivity contribution in [1.29, 1.82) is 0 Å². The number of sulfone groups is 1. The fourth-order valence-electron chi connectivity index (χ4n) is 3.19. The number of benzene rings is 1. The molecule has 128 valence electrons. The van der Waals surface area contributed by atoms with Crippen LogP contribution in [0.15, 0.2) is 29.2 Å². The van der Waals surface area contributed by atoms with Gasteiger partial charge in [0.2, 0.25) is 0 Å². The van der Waals surface area contributed by atoms with Crippen molar-refractivity contribution in [2.45, 2.75) is 61.7 Å². The Hall–Kier alpha value is -1.40. The molecule has 0 aromatic heterocycles. The highest BCUT2D eigenvalue weighted by molar-refractivity contribution is 7.92. The monoisotopic (exact) mass is 340 g/mol. The summed E-state index contributed by atoms with van der Waals surface area (Å²) in [6.07, 6.45) is 1.79. The molecule has 1 saturated carbocycles. The van der Waals surface area contributed by atoms with Gasteiger partial charge in [-0.05, 0) is 38.8 Å². The molecule has 0 bridgehead atoms. The summed E-state index contributed by atoms with van der Waals surface area (Å²) in [4.78, 5) is 12.0. The first kappa shape index (κ1) is 17.9. The standard InChI is InChI=1S/C17H24O5S/c1-3-22-16(18)12-17(19)11-5-4-6-15(17)23(20,21)14-9-7-13(2)8-10-14/h7-10,15,19H,3-6,11-12H2,1-2H3/t15-,17-/m0/s1. The largest absolute Gasteiger partial charge is 0.466 e. The Morgan fingerprint density at radius 3 is 2.57 bits per heavy atom. The van der Waals surface area contributed by atoms with Crippen LogP contribution < -0.4 is 0 Å². The van der Waals surface area contributed by atoms with E-state index in [1.54, 1.807) is 31.2 Å². The molecular weight excluding hydrogens is 316 g/mol. The van der Waals surface area contributed by atoms with Crippen LogP contribution >= 0.6 is 0 Å². The highest BCUT2D eigenvalue weighted by atomic mass is 32.2. The van der Waals surface area contributed by atoms with E-state index < -0.39 is 26.7 Å². The average Bonchev–Trinajstić information content (AvgIpc) is 2.47. The molecule has 2 rings (SSSR count). The summed E-state index contributed by atoms with van der Waals surface area (Å²) in [6.45, 7) is 3.78. The highest BCUT2D eigenvalue weighted by Gasteiger charge is 2.48. The van der Waals surface area contributed by atoms with Crippen LogP contribution in [-0.4, -0.2) is 37.0 Å². The molecule has 1 aliphatic carbocycles. The van der Waals surface area contributed by atoms with Crippen LogP contribution in [0.2, 0.25) is 0 Å². The first-order valence-electron chi connectivity index (χ1n) is 7.98. The lowest BCUT2D eigenvalue weighted by atomic mass is 9.82. The van der Waals surface area contributed by atoms with Gasteiger partial charge in [0.25, 0.3) is 0 Å². The SMILES string of the molecule is CCOC(=O)C[C@@]1(O)CCCC[C@@H]1S(=O)(=O)c1ccc(C)cc1. The van der Waals surface area contributed by atoms with E-state index in [-0.39, 0.29) is 17.9 Å². The minimum Gasteiger partial charge on any atom is -0.466 e. The number of hydrogen-bond donors (Lipinski definition) is 1. The number of carbonyl (C=O) groups is 1. The molecule has 1 N–H and O–H groups in total. The van der Waals surface area contributed by atoms with Crippen LogP contribution in [0.5, 0.6) is 0 Å². The van der Waals surface area contributed by atoms with Gasteiger partial charge in [-0.2, -0.15) is 0 Å². The van der Waals surface area contributed by atoms with Gasteiger partial charge in [0.15, 0.2) is 9.84 Å². The van der Waals surface area contributed by atoms with E-state index in [4.69, 9.17) is 4.74 Å². The Balaban J connectivity index is 2.33. The molecule has 0 unspecified atom stereocenters. The normalized spacial score (nSPS) is 25.1. The molecule has 23 heavy (non-hydrogen) atoms. The molecule has 0 aliphatic heterocycles. The van der Waals surface area contributed by atoms with Crippen LogP contribution in [0.3, 0.4) is 0 Å². The van der Waals surface area contributed by atoms with Crippen molar-refractivity contribution in [3.8, 4) is 0 Å². The molecular formula is C17H24O5S. The van der Waals surface area contributed by atoms with Gasteiger partial charge in [-0.15, -0.1) is 0 Å². The Morgan fingerprint density at radius 2 is 1.96 bits per heavy atom. The van der Waals surface area contributed by atoms with Crippen molar-refractivity contribution in [3.05, 3.63) is 29.8 Å². The van der Waals surface area contributed by atoms with Crippen molar-refractivity contribution in [2.24, 2.45) is 0 Å². The Kier molecular flexibility index (Phi) is 5.47. The predicted octanol–water partition coefficient (Wildman–Crippen LogP) is 2.40. The summed E-state index contributed by atoms with van der Waals surface area (Å²) >= 11 is 0. The maximum absolute atomic E-state index is 12.9. The molecule has 1 aromatic rings. The minimum atomic E-state index is -3.70. The molecule has 1 fully saturated rings. The topological polar surface area (TPSA) is 80.7 Å². The number of rotatable bonds is 5. The van der Waals surface area contributed by atoms with E-state index >= 15 is 0 Å². The van der Waals surface area contributed by atoms with Crippen molar-refractivity contribution < 1.29 is 23.1 Å². The van der Waals surface area contributed by atoms with Gasteiger partial charge in [-0.1, -0.05) is 30.5 Å². The van der Waals surface area contributed by atoms with Crippen LogP contribution in [0.1, 0.15) is 44.6 Å². The van der Waals surface area contributed by atoms with Crippen molar-refractivity contribution in [1.82, 2.24) is 0 Å². The van der Waals surface area contributed by atoms with Crippen LogP contribution in [0.25, 0.3) is 0 Å². The lowest BCUT2D eigenvalue weighted by Gasteiger charge is -2.38. The van der Waals surface area contributed by atoms with Crippen molar-refractivity contribution >= 4 is 15.8 Å². The number of aryl methyl sites for hydroxylation is 1. The fraction of sp³-hybridized carbons (Fsp3) is 0.588. The summed E-state index contributed by atoms with van der Waals surface area (Å²) < 4.78 is 30.8. The number of hydrogen-bond acceptors (Lipinski definition) is 5. The zero-order valence-corrected chi connectivity index (χ0v) is 14.4. The lowest BCUT2D eigenvalue weighted by Crippen LogP contribution is -2.50. The van der Waals surface area contributed by atoms with E-state index in [2.05, 4.69) is 0 Å². The third kappa shape index (κ3) is 3.93. The van der Waals surface area contributed by atoms with Gasteiger partial charge in [0, 0.05) is 0 Å². The van der Waals surface area contributed by atoms with E-state index in [0.29, 0.717) is 19.3 Å². The summed E-state index contributed by atoms with van der Waals surface area (Å²) in [7, 11) is -3.70. The van der Waals surface area contributed by atoms with Crippen molar-refractivity contribution in [2.75, 3.05) is 6.61 Å². The fourth-order valence-corrected chi connectivity index (χ4v) is 5.29. The molecule has 1 aromatic carbocycles. The number of ether oxygens (including phenoxy) is 1. The van der Waals surface area contributed by atoms with Crippen LogP contribution in [0.4, 0.5) is 0 Å². The van der Waals surface area contributed by atoms with E-state index in [1.807, 2.05) is 6.92 Å². The third-order valence-electron chi connectivity index (χ3n) is 4.41. The van der Waals surface area contributed by atoms with Crippen molar-refractivity contribution in [3.63, 3.8) is 0 Å². The average molecular weight is 340 g/mol. The summed E-state index contributed by atoms with van der Waals surface area (Å²) in [6, 6.07) is 6.59. The Morgan fingerprint density at radius 1 is 1.30 bits per heavy atom. The summed E-state index contributed by atoms with van der Waals surface area (Å²) in [5.74, 6) is -0.555. The summed E-state index contributed by atoms with van der Waals surface area (Å²) in [5, 5.41) is 9.92. The molecule has 2 atom stereocenters. The zero-order valence-electron chi connectivity index (χ0n) is 13.6. The molecule has 5 nitrogen and oxygen atoms in total. The van der Waals surface area contributed by atoms with Gasteiger partial charge in [0.05, 0.1) is 28.8 Å². The molecule has 6 heteroatoms. The third-order valence-corrected chi connectivity index (χ3v) is 6.76. The smallest absolute Gasteiger partial charge is 0.308 e. The maximum Gasteiger partial charge on any atom is 0.308 e. The number of aliphatic hydroxyl groups is 1. The molecule has 0 amide bonds. The first-order valence-corrected chi connectivity index (χ1v) is 9.53. The van der Waals surface area contributed by atoms with Crippen LogP contribution in [-0.2, 0) is 19.4 Å².